The Morgan fingerprint density at radius 3 is 2.20 bits per heavy atom. The molecule has 0 unspecified atom stereocenters. The highest BCUT2D eigenvalue weighted by atomic mass is 15.3. The Bertz CT molecular complexity index is 224. The van der Waals surface area contributed by atoms with Gasteiger partial charge in [-0.25, -0.2) is 0 Å². The molecule has 0 aromatic rings. The zero-order valence-electron chi connectivity index (χ0n) is 10.2. The second-order valence-corrected chi connectivity index (χ2v) is 4.22. The fraction of sp³-hybridized carbons (Fsp3) is 0.800. The van der Waals surface area contributed by atoms with Crippen LogP contribution in [-0.4, -0.2) is 36.7 Å². The minimum absolute atomic E-state index is 0.00936. The smallest absolute Gasteiger partial charge is 0.211 e. The molecule has 0 atom stereocenters. The zero-order valence-corrected chi connectivity index (χ0v) is 10.2. The van der Waals surface area contributed by atoms with Gasteiger partial charge in [0.25, 0.3) is 0 Å². The normalized spacial score (nSPS) is 12.3. The van der Waals surface area contributed by atoms with Gasteiger partial charge < -0.3 is 16.4 Å². The number of hydrogen-bond acceptors (Lipinski definition) is 3. The van der Waals surface area contributed by atoms with Crippen LogP contribution in [0.3, 0.4) is 0 Å². The number of hydrogen-bond donors (Lipinski definition) is 2. The van der Waals surface area contributed by atoms with E-state index in [1.54, 1.807) is 6.21 Å². The number of nitrogens with zero attached hydrogens (tertiary/aromatic N) is 3. The van der Waals surface area contributed by atoms with E-state index in [1.807, 2.05) is 0 Å². The van der Waals surface area contributed by atoms with Crippen LogP contribution >= 0.6 is 0 Å². The third kappa shape index (κ3) is 6.90. The van der Waals surface area contributed by atoms with Crippen LogP contribution < -0.4 is 11.5 Å². The van der Waals surface area contributed by atoms with Crippen molar-refractivity contribution in [3.63, 3.8) is 0 Å². The molecule has 0 rings (SSSR count). The Hall–Kier alpha value is -1.10. The number of rotatable bonds is 6. The Labute approximate surface area is 92.2 Å². The Morgan fingerprint density at radius 2 is 1.80 bits per heavy atom. The van der Waals surface area contributed by atoms with Crippen LogP contribution in [0.1, 0.15) is 27.7 Å². The van der Waals surface area contributed by atoms with Crippen LogP contribution in [0.25, 0.3) is 0 Å². The van der Waals surface area contributed by atoms with Gasteiger partial charge in [-0.3, -0.25) is 0 Å². The average molecular weight is 213 g/mol. The van der Waals surface area contributed by atoms with E-state index in [9.17, 15) is 0 Å². The van der Waals surface area contributed by atoms with Crippen molar-refractivity contribution >= 4 is 12.2 Å². The van der Waals surface area contributed by atoms with Crippen molar-refractivity contribution in [1.82, 2.24) is 4.90 Å². The highest BCUT2D eigenvalue weighted by Gasteiger charge is 2.17. The minimum atomic E-state index is -0.0228. The molecule has 0 aliphatic rings. The average Bonchev–Trinajstić information content (AvgIpc) is 2.13. The Balaban J connectivity index is 4.28. The molecule has 0 saturated carbocycles. The highest BCUT2D eigenvalue weighted by Crippen LogP contribution is 2.13. The van der Waals surface area contributed by atoms with Gasteiger partial charge in [0.15, 0.2) is 0 Å². The summed E-state index contributed by atoms with van der Waals surface area (Å²) in [5.41, 5.74) is 10.3. The summed E-state index contributed by atoms with van der Waals surface area (Å²) in [6.07, 6.45) is 1.78. The molecule has 0 spiro atoms. The van der Waals surface area contributed by atoms with E-state index in [2.05, 4.69) is 42.8 Å². The van der Waals surface area contributed by atoms with Crippen LogP contribution in [0.4, 0.5) is 0 Å². The van der Waals surface area contributed by atoms with E-state index in [1.165, 1.54) is 0 Å². The number of nitrogens with two attached hydrogens (primary N) is 2. The SMILES string of the molecule is CCN(CC)CC(C)(C)C=NN=C(N)N. The van der Waals surface area contributed by atoms with Crippen LogP contribution in [0, 0.1) is 5.41 Å². The standard InChI is InChI=1S/C10H23N5/c1-5-15(6-2)8-10(3,4)7-13-14-9(11)12/h7H,5-6,8H2,1-4H3,(H4,11,12,14). The van der Waals surface area contributed by atoms with E-state index in [0.29, 0.717) is 0 Å². The first kappa shape index (κ1) is 13.9. The first-order chi connectivity index (χ1) is 6.91. The van der Waals surface area contributed by atoms with Crippen molar-refractivity contribution in [3.05, 3.63) is 0 Å². The van der Waals surface area contributed by atoms with Gasteiger partial charge in [-0.15, -0.1) is 5.10 Å². The second-order valence-electron chi connectivity index (χ2n) is 4.22. The maximum atomic E-state index is 5.18. The van der Waals surface area contributed by atoms with Crippen molar-refractivity contribution in [2.75, 3.05) is 19.6 Å². The molecule has 88 valence electrons. The van der Waals surface area contributed by atoms with Gasteiger partial charge in [0, 0.05) is 18.2 Å². The lowest BCUT2D eigenvalue weighted by Gasteiger charge is -2.27. The lowest BCUT2D eigenvalue weighted by atomic mass is 9.94. The molecule has 0 amide bonds. The number of guanidine groups is 1. The predicted octanol–water partition coefficient (Wildman–Crippen LogP) is 0.614. The van der Waals surface area contributed by atoms with E-state index in [0.717, 1.165) is 19.6 Å². The topological polar surface area (TPSA) is 80.0 Å². The molecule has 0 fully saturated rings. The predicted molar refractivity (Wildman–Crippen MR) is 65.9 cm³/mol. The summed E-state index contributed by atoms with van der Waals surface area (Å²) in [4.78, 5) is 2.33. The quantitative estimate of drug-likeness (QED) is 0.385. The molecule has 0 saturated heterocycles. The molecule has 4 N–H and O–H groups in total. The van der Waals surface area contributed by atoms with Gasteiger partial charge in [0.05, 0.1) is 0 Å². The van der Waals surface area contributed by atoms with Crippen LogP contribution in [0.15, 0.2) is 10.2 Å². The van der Waals surface area contributed by atoms with Gasteiger partial charge in [0.1, 0.15) is 0 Å². The molecule has 0 aliphatic heterocycles. The molecule has 0 radical (unpaired) electrons. The lowest BCUT2D eigenvalue weighted by Crippen LogP contribution is -2.35. The molecule has 5 nitrogen and oxygen atoms in total. The third-order valence-electron chi connectivity index (χ3n) is 2.11. The van der Waals surface area contributed by atoms with Gasteiger partial charge in [-0.2, -0.15) is 5.10 Å². The summed E-state index contributed by atoms with van der Waals surface area (Å²) >= 11 is 0. The fourth-order valence-electron chi connectivity index (χ4n) is 1.32. The maximum absolute atomic E-state index is 5.18. The largest absolute Gasteiger partial charge is 0.369 e. The van der Waals surface area contributed by atoms with E-state index in [-0.39, 0.29) is 11.4 Å². The summed E-state index contributed by atoms with van der Waals surface area (Å²) in [5.74, 6) is -0.00936. The summed E-state index contributed by atoms with van der Waals surface area (Å²) in [7, 11) is 0. The first-order valence-electron chi connectivity index (χ1n) is 5.26. The van der Waals surface area contributed by atoms with Gasteiger partial charge in [0.2, 0.25) is 5.96 Å². The molecule has 0 aromatic heterocycles. The van der Waals surface area contributed by atoms with Gasteiger partial charge in [-0.05, 0) is 13.1 Å². The molecule has 0 aliphatic carbocycles. The van der Waals surface area contributed by atoms with Crippen molar-refractivity contribution < 1.29 is 0 Å². The molecular weight excluding hydrogens is 190 g/mol. The van der Waals surface area contributed by atoms with Crippen LogP contribution in [0.2, 0.25) is 0 Å². The molecule has 0 aromatic carbocycles. The maximum Gasteiger partial charge on any atom is 0.211 e. The third-order valence-corrected chi connectivity index (χ3v) is 2.11. The Kier molecular flexibility index (Phi) is 5.93. The van der Waals surface area contributed by atoms with Crippen LogP contribution in [0.5, 0.6) is 0 Å². The van der Waals surface area contributed by atoms with E-state index >= 15 is 0 Å². The van der Waals surface area contributed by atoms with Crippen molar-refractivity contribution in [1.29, 1.82) is 0 Å². The molecular formula is C10H23N5. The van der Waals surface area contributed by atoms with Gasteiger partial charge >= 0.3 is 0 Å². The second kappa shape index (κ2) is 6.40. The highest BCUT2D eigenvalue weighted by molar-refractivity contribution is 5.76. The minimum Gasteiger partial charge on any atom is -0.369 e. The molecule has 0 heterocycles. The Morgan fingerprint density at radius 1 is 1.27 bits per heavy atom. The summed E-state index contributed by atoms with van der Waals surface area (Å²) in [5, 5.41) is 7.44. The molecule has 5 heteroatoms. The van der Waals surface area contributed by atoms with E-state index < -0.39 is 0 Å². The summed E-state index contributed by atoms with van der Waals surface area (Å²) in [6, 6.07) is 0. The van der Waals surface area contributed by atoms with Crippen molar-refractivity contribution in [3.8, 4) is 0 Å². The monoisotopic (exact) mass is 213 g/mol. The summed E-state index contributed by atoms with van der Waals surface area (Å²) < 4.78 is 0. The first-order valence-corrected chi connectivity index (χ1v) is 5.26. The van der Waals surface area contributed by atoms with Crippen LogP contribution in [-0.2, 0) is 0 Å². The molecule has 0 bridgehead atoms. The van der Waals surface area contributed by atoms with Crippen molar-refractivity contribution in [2.45, 2.75) is 27.7 Å². The zero-order chi connectivity index (χ0) is 11.9. The molecule has 15 heavy (non-hydrogen) atoms. The van der Waals surface area contributed by atoms with Crippen molar-refractivity contribution in [2.24, 2.45) is 27.1 Å². The summed E-state index contributed by atoms with van der Waals surface area (Å²) in [6.45, 7) is 11.5. The fourth-order valence-corrected chi connectivity index (χ4v) is 1.32. The lowest BCUT2D eigenvalue weighted by molar-refractivity contribution is 0.243. The van der Waals surface area contributed by atoms with Gasteiger partial charge in [-0.1, -0.05) is 27.7 Å². The van der Waals surface area contributed by atoms with E-state index in [4.69, 9.17) is 11.5 Å².